The molecule has 0 atom stereocenters. The van der Waals surface area contributed by atoms with E-state index in [1.54, 1.807) is 12.1 Å². The average molecular weight is 226 g/mol. The number of anilines is 1. The third kappa shape index (κ3) is 2.72. The van der Waals surface area contributed by atoms with E-state index < -0.39 is 0 Å². The molecule has 0 saturated carbocycles. The molecule has 2 nitrogen and oxygen atoms in total. The summed E-state index contributed by atoms with van der Waals surface area (Å²) in [6, 6.07) is 5.79. The molecule has 0 aromatic heterocycles. The van der Waals surface area contributed by atoms with Crippen molar-refractivity contribution in [2.75, 3.05) is 11.4 Å². The molecular formula is C12H16ClNO. The first-order valence-corrected chi connectivity index (χ1v) is 5.49. The van der Waals surface area contributed by atoms with Gasteiger partial charge in [0.25, 0.3) is 0 Å². The van der Waals surface area contributed by atoms with Crippen molar-refractivity contribution in [1.82, 2.24) is 0 Å². The fraction of sp³-hybridized carbons (Fsp3) is 0.417. The van der Waals surface area contributed by atoms with Crippen LogP contribution in [0.1, 0.15) is 31.1 Å². The van der Waals surface area contributed by atoms with Gasteiger partial charge in [-0.2, -0.15) is 0 Å². The topological polar surface area (TPSA) is 20.3 Å². The summed E-state index contributed by atoms with van der Waals surface area (Å²) < 4.78 is 0. The first-order valence-electron chi connectivity index (χ1n) is 5.11. The predicted octanol–water partition coefficient (Wildman–Crippen LogP) is 3.39. The van der Waals surface area contributed by atoms with Gasteiger partial charge in [-0.3, -0.25) is 4.79 Å². The van der Waals surface area contributed by atoms with Gasteiger partial charge in [0, 0.05) is 18.2 Å². The lowest BCUT2D eigenvalue weighted by atomic mass is 10.2. The van der Waals surface area contributed by atoms with Crippen molar-refractivity contribution in [1.29, 1.82) is 0 Å². The van der Waals surface area contributed by atoms with E-state index in [1.807, 2.05) is 6.07 Å². The summed E-state index contributed by atoms with van der Waals surface area (Å²) in [4.78, 5) is 12.8. The zero-order valence-corrected chi connectivity index (χ0v) is 10.1. The molecule has 0 saturated heterocycles. The van der Waals surface area contributed by atoms with E-state index >= 15 is 0 Å². The molecule has 0 amide bonds. The molecule has 1 aromatic carbocycles. The number of benzene rings is 1. The average Bonchev–Trinajstić information content (AvgIpc) is 2.20. The minimum absolute atomic E-state index is 0.398. The highest BCUT2D eigenvalue weighted by Crippen LogP contribution is 2.27. The van der Waals surface area contributed by atoms with Crippen LogP contribution in [-0.2, 0) is 0 Å². The van der Waals surface area contributed by atoms with Gasteiger partial charge >= 0.3 is 0 Å². The summed E-state index contributed by atoms with van der Waals surface area (Å²) in [7, 11) is 0. The van der Waals surface area contributed by atoms with Crippen molar-refractivity contribution in [3.8, 4) is 0 Å². The lowest BCUT2D eigenvalue weighted by Crippen LogP contribution is -2.30. The normalized spacial score (nSPS) is 10.5. The monoisotopic (exact) mass is 225 g/mol. The van der Waals surface area contributed by atoms with Crippen LogP contribution in [0.15, 0.2) is 18.2 Å². The van der Waals surface area contributed by atoms with Crippen molar-refractivity contribution in [3.63, 3.8) is 0 Å². The minimum Gasteiger partial charge on any atom is -0.368 e. The molecule has 0 heterocycles. The summed E-state index contributed by atoms with van der Waals surface area (Å²) in [6.07, 6.45) is 0.807. The van der Waals surface area contributed by atoms with Crippen LogP contribution in [0.4, 0.5) is 5.69 Å². The van der Waals surface area contributed by atoms with Crippen LogP contribution in [-0.4, -0.2) is 18.9 Å². The van der Waals surface area contributed by atoms with Gasteiger partial charge in [-0.05, 0) is 39.0 Å². The maximum absolute atomic E-state index is 10.6. The number of hydrogen-bond acceptors (Lipinski definition) is 2. The molecule has 0 N–H and O–H groups in total. The third-order valence-electron chi connectivity index (χ3n) is 2.38. The highest BCUT2D eigenvalue weighted by atomic mass is 35.5. The zero-order valence-electron chi connectivity index (χ0n) is 9.33. The second-order valence-corrected chi connectivity index (χ2v) is 4.12. The molecule has 1 rings (SSSR count). The Balaban J connectivity index is 3.08. The molecule has 1 aromatic rings. The fourth-order valence-corrected chi connectivity index (χ4v) is 1.94. The van der Waals surface area contributed by atoms with E-state index in [-0.39, 0.29) is 0 Å². The van der Waals surface area contributed by atoms with Crippen molar-refractivity contribution in [2.24, 2.45) is 0 Å². The summed E-state index contributed by atoms with van der Waals surface area (Å²) in [5.74, 6) is 0. The highest BCUT2D eigenvalue weighted by molar-refractivity contribution is 6.33. The number of halogens is 1. The third-order valence-corrected chi connectivity index (χ3v) is 2.68. The van der Waals surface area contributed by atoms with E-state index in [9.17, 15) is 4.79 Å². The van der Waals surface area contributed by atoms with Crippen LogP contribution in [0.25, 0.3) is 0 Å². The quantitative estimate of drug-likeness (QED) is 0.733. The molecule has 3 heteroatoms. The number of rotatable bonds is 4. The molecule has 15 heavy (non-hydrogen) atoms. The van der Waals surface area contributed by atoms with Crippen molar-refractivity contribution >= 4 is 23.6 Å². The van der Waals surface area contributed by atoms with Gasteiger partial charge in [-0.15, -0.1) is 0 Å². The Labute approximate surface area is 95.8 Å². The maximum Gasteiger partial charge on any atom is 0.150 e. The molecule has 0 spiro atoms. The Morgan fingerprint density at radius 2 is 2.13 bits per heavy atom. The van der Waals surface area contributed by atoms with Crippen LogP contribution < -0.4 is 4.90 Å². The second kappa shape index (κ2) is 5.17. The van der Waals surface area contributed by atoms with Crippen LogP contribution in [0, 0.1) is 0 Å². The van der Waals surface area contributed by atoms with Crippen LogP contribution in [0.5, 0.6) is 0 Å². The van der Waals surface area contributed by atoms with Gasteiger partial charge in [0.15, 0.2) is 0 Å². The molecule has 0 fully saturated rings. The zero-order chi connectivity index (χ0) is 11.4. The SMILES string of the molecule is CCN(c1ccc(C=O)cc1Cl)C(C)C. The Morgan fingerprint density at radius 3 is 2.53 bits per heavy atom. The van der Waals surface area contributed by atoms with Gasteiger partial charge in [-0.1, -0.05) is 11.6 Å². The Kier molecular flexibility index (Phi) is 4.15. The number of aldehydes is 1. The van der Waals surface area contributed by atoms with Crippen molar-refractivity contribution in [3.05, 3.63) is 28.8 Å². The van der Waals surface area contributed by atoms with Crippen molar-refractivity contribution < 1.29 is 4.79 Å². The second-order valence-electron chi connectivity index (χ2n) is 3.71. The first-order chi connectivity index (χ1) is 7.10. The smallest absolute Gasteiger partial charge is 0.150 e. The Hall–Kier alpha value is -1.02. The molecule has 0 aliphatic rings. The molecule has 0 radical (unpaired) electrons. The summed E-state index contributed by atoms with van der Waals surface area (Å²) in [5.41, 5.74) is 1.60. The lowest BCUT2D eigenvalue weighted by molar-refractivity contribution is 0.112. The Morgan fingerprint density at radius 1 is 1.47 bits per heavy atom. The molecule has 0 bridgehead atoms. The van der Waals surface area contributed by atoms with E-state index in [0.717, 1.165) is 18.5 Å². The fourth-order valence-electron chi connectivity index (χ4n) is 1.64. The van der Waals surface area contributed by atoms with Gasteiger partial charge in [0.2, 0.25) is 0 Å². The number of carbonyl (C=O) groups excluding carboxylic acids is 1. The predicted molar refractivity (Wildman–Crippen MR) is 65.0 cm³/mol. The number of hydrogen-bond donors (Lipinski definition) is 0. The lowest BCUT2D eigenvalue weighted by Gasteiger charge is -2.28. The summed E-state index contributed by atoms with van der Waals surface area (Å²) in [6.45, 7) is 7.22. The van der Waals surface area contributed by atoms with E-state index in [2.05, 4.69) is 25.7 Å². The molecule has 0 aliphatic carbocycles. The summed E-state index contributed by atoms with van der Waals surface area (Å²) in [5, 5.41) is 0.634. The van der Waals surface area contributed by atoms with E-state index in [0.29, 0.717) is 16.6 Å². The minimum atomic E-state index is 0.398. The first kappa shape index (κ1) is 12.1. The van der Waals surface area contributed by atoms with E-state index in [4.69, 9.17) is 11.6 Å². The Bertz CT molecular complexity index is 349. The molecule has 0 unspecified atom stereocenters. The van der Waals surface area contributed by atoms with E-state index in [1.165, 1.54) is 0 Å². The van der Waals surface area contributed by atoms with Crippen LogP contribution in [0.3, 0.4) is 0 Å². The maximum atomic E-state index is 10.6. The van der Waals surface area contributed by atoms with Crippen molar-refractivity contribution in [2.45, 2.75) is 26.8 Å². The van der Waals surface area contributed by atoms with Gasteiger partial charge in [0.05, 0.1) is 10.7 Å². The van der Waals surface area contributed by atoms with Gasteiger partial charge in [0.1, 0.15) is 6.29 Å². The molecule has 0 aliphatic heterocycles. The molecule has 82 valence electrons. The number of carbonyl (C=O) groups is 1. The standard InChI is InChI=1S/C12H16ClNO/c1-4-14(9(2)3)12-6-5-10(8-15)7-11(12)13/h5-9H,4H2,1-3H3. The largest absolute Gasteiger partial charge is 0.368 e. The van der Waals surface area contributed by atoms with Gasteiger partial charge in [-0.25, -0.2) is 0 Å². The summed E-state index contributed by atoms with van der Waals surface area (Å²) >= 11 is 6.13. The van der Waals surface area contributed by atoms with Gasteiger partial charge < -0.3 is 4.90 Å². The van der Waals surface area contributed by atoms with Crippen LogP contribution >= 0.6 is 11.6 Å². The molecular weight excluding hydrogens is 210 g/mol. The van der Waals surface area contributed by atoms with Crippen LogP contribution in [0.2, 0.25) is 5.02 Å². The number of nitrogens with zero attached hydrogens (tertiary/aromatic N) is 1. The highest BCUT2D eigenvalue weighted by Gasteiger charge is 2.11.